The van der Waals surface area contributed by atoms with Crippen molar-refractivity contribution in [3.05, 3.63) is 41.2 Å². The first-order valence-electron chi connectivity index (χ1n) is 9.55. The van der Waals surface area contributed by atoms with E-state index in [0.29, 0.717) is 18.4 Å². The molecular weight excluding hydrogens is 354 g/mol. The monoisotopic (exact) mass is 383 g/mol. The van der Waals surface area contributed by atoms with E-state index in [1.165, 1.54) is 0 Å². The van der Waals surface area contributed by atoms with Crippen molar-refractivity contribution in [2.75, 3.05) is 27.4 Å². The van der Waals surface area contributed by atoms with Gasteiger partial charge in [0.05, 0.1) is 48.7 Å². The lowest BCUT2D eigenvalue weighted by Gasteiger charge is -2.17. The van der Waals surface area contributed by atoms with Crippen molar-refractivity contribution in [3.8, 4) is 17.1 Å². The summed E-state index contributed by atoms with van der Waals surface area (Å²) < 4.78 is 12.9. The summed E-state index contributed by atoms with van der Waals surface area (Å²) in [4.78, 5) is 9.63. The fourth-order valence-corrected chi connectivity index (χ4v) is 3.53. The average molecular weight is 383 g/mol. The second-order valence-electron chi connectivity index (χ2n) is 7.48. The normalized spacial score (nSPS) is 12.7. The van der Waals surface area contributed by atoms with Gasteiger partial charge in [0.25, 0.3) is 0 Å². The first-order chi connectivity index (χ1) is 13.4. The van der Waals surface area contributed by atoms with Crippen molar-refractivity contribution in [1.82, 2.24) is 14.5 Å². The van der Waals surface area contributed by atoms with Gasteiger partial charge in [-0.25, -0.2) is 9.97 Å². The molecule has 28 heavy (non-hydrogen) atoms. The topological polar surface area (TPSA) is 69.4 Å². The van der Waals surface area contributed by atoms with Crippen molar-refractivity contribution in [2.24, 2.45) is 0 Å². The van der Waals surface area contributed by atoms with Gasteiger partial charge < -0.3 is 19.1 Å². The molecule has 1 N–H and O–H groups in total. The Bertz CT molecular complexity index is 979. The maximum absolute atomic E-state index is 9.77. The van der Waals surface area contributed by atoms with Crippen LogP contribution in [-0.4, -0.2) is 47.1 Å². The molecule has 3 aromatic rings. The van der Waals surface area contributed by atoms with Crippen molar-refractivity contribution in [3.63, 3.8) is 0 Å². The standard InChI is InChI=1S/C22H29N3O3/c1-13(2)18-8-7-17(22(23-18)28-6)20-14(3)9-19-21(24-20)15(4)10-25(19)16(11-26)12-27-5/h7-10,13,16,26H,11-12H2,1-6H3. The third-order valence-corrected chi connectivity index (χ3v) is 5.06. The molecule has 0 radical (unpaired) electrons. The van der Waals surface area contributed by atoms with Crippen molar-refractivity contribution < 1.29 is 14.6 Å². The van der Waals surface area contributed by atoms with Crippen LogP contribution >= 0.6 is 0 Å². The largest absolute Gasteiger partial charge is 0.480 e. The van der Waals surface area contributed by atoms with Gasteiger partial charge in [0.15, 0.2) is 0 Å². The van der Waals surface area contributed by atoms with Crippen LogP contribution in [0.3, 0.4) is 0 Å². The molecular formula is C22H29N3O3. The second-order valence-corrected chi connectivity index (χ2v) is 7.48. The van der Waals surface area contributed by atoms with E-state index in [0.717, 1.165) is 39.1 Å². The predicted molar refractivity (Wildman–Crippen MR) is 111 cm³/mol. The van der Waals surface area contributed by atoms with Crippen molar-refractivity contribution >= 4 is 11.0 Å². The third-order valence-electron chi connectivity index (χ3n) is 5.06. The molecule has 3 heterocycles. The zero-order valence-corrected chi connectivity index (χ0v) is 17.5. The molecule has 0 bridgehead atoms. The van der Waals surface area contributed by atoms with Crippen LogP contribution in [0, 0.1) is 13.8 Å². The molecule has 0 amide bonds. The summed E-state index contributed by atoms with van der Waals surface area (Å²) in [6, 6.07) is 6.04. The summed E-state index contributed by atoms with van der Waals surface area (Å²) in [6.45, 7) is 8.74. The van der Waals surface area contributed by atoms with Gasteiger partial charge in [0.2, 0.25) is 5.88 Å². The van der Waals surface area contributed by atoms with Gasteiger partial charge in [-0.05, 0) is 49.1 Å². The first-order valence-corrected chi connectivity index (χ1v) is 9.55. The highest BCUT2D eigenvalue weighted by Crippen LogP contribution is 2.34. The lowest BCUT2D eigenvalue weighted by Crippen LogP contribution is -2.17. The summed E-state index contributed by atoms with van der Waals surface area (Å²) in [5, 5.41) is 9.77. The summed E-state index contributed by atoms with van der Waals surface area (Å²) in [7, 11) is 3.28. The van der Waals surface area contributed by atoms with Crippen LogP contribution < -0.4 is 4.74 Å². The molecule has 150 valence electrons. The van der Waals surface area contributed by atoms with E-state index in [-0.39, 0.29) is 12.6 Å². The Morgan fingerprint density at radius 1 is 1.11 bits per heavy atom. The van der Waals surface area contributed by atoms with Gasteiger partial charge >= 0.3 is 0 Å². The second kappa shape index (κ2) is 8.29. The number of fused-ring (bicyclic) bond motifs is 1. The molecule has 0 aliphatic carbocycles. The van der Waals surface area contributed by atoms with E-state index in [1.54, 1.807) is 14.2 Å². The van der Waals surface area contributed by atoms with Crippen LogP contribution in [0.15, 0.2) is 24.4 Å². The molecule has 3 rings (SSSR count). The van der Waals surface area contributed by atoms with Crippen molar-refractivity contribution in [1.29, 1.82) is 0 Å². The maximum Gasteiger partial charge on any atom is 0.222 e. The molecule has 0 saturated carbocycles. The minimum absolute atomic E-state index is 0.00622. The van der Waals surface area contributed by atoms with E-state index >= 15 is 0 Å². The number of aromatic nitrogens is 3. The molecule has 0 fully saturated rings. The van der Waals surface area contributed by atoms with Gasteiger partial charge in [-0.3, -0.25) is 0 Å². The quantitative estimate of drug-likeness (QED) is 0.667. The van der Waals surface area contributed by atoms with Gasteiger partial charge in [0, 0.05) is 19.0 Å². The van der Waals surface area contributed by atoms with Crippen LogP contribution in [0.5, 0.6) is 5.88 Å². The Labute approximate surface area is 166 Å². The number of aliphatic hydroxyl groups is 1. The van der Waals surface area contributed by atoms with Crippen LogP contribution in [0.1, 0.15) is 42.6 Å². The van der Waals surface area contributed by atoms with Gasteiger partial charge in [-0.1, -0.05) is 13.8 Å². The van der Waals surface area contributed by atoms with E-state index in [1.807, 2.05) is 32.2 Å². The third kappa shape index (κ3) is 3.62. The van der Waals surface area contributed by atoms with Crippen LogP contribution in [0.2, 0.25) is 0 Å². The highest BCUT2D eigenvalue weighted by Gasteiger charge is 2.19. The SMILES string of the molecule is COCC(CO)n1cc(C)c2nc(-c3ccc(C(C)C)nc3OC)c(C)cc21. The zero-order valence-electron chi connectivity index (χ0n) is 17.5. The lowest BCUT2D eigenvalue weighted by atomic mass is 10.0. The summed E-state index contributed by atoms with van der Waals surface area (Å²) in [5.41, 5.74) is 6.71. The Kier molecular flexibility index (Phi) is 6.01. The predicted octanol–water partition coefficient (Wildman–Crippen LogP) is 4.03. The number of methoxy groups -OCH3 is 2. The van der Waals surface area contributed by atoms with Crippen LogP contribution in [0.25, 0.3) is 22.3 Å². The summed E-state index contributed by atoms with van der Waals surface area (Å²) in [6.07, 6.45) is 2.03. The van der Waals surface area contributed by atoms with E-state index < -0.39 is 0 Å². The molecule has 0 spiro atoms. The Morgan fingerprint density at radius 3 is 2.46 bits per heavy atom. The Morgan fingerprint density at radius 2 is 1.86 bits per heavy atom. The number of ether oxygens (including phenoxy) is 2. The van der Waals surface area contributed by atoms with E-state index in [9.17, 15) is 5.11 Å². The molecule has 6 nitrogen and oxygen atoms in total. The molecule has 0 saturated heterocycles. The molecule has 1 unspecified atom stereocenters. The van der Waals surface area contributed by atoms with E-state index in [4.69, 9.17) is 14.5 Å². The zero-order chi connectivity index (χ0) is 20.4. The Balaban J connectivity index is 2.17. The summed E-state index contributed by atoms with van der Waals surface area (Å²) >= 11 is 0. The fraction of sp³-hybridized carbons (Fsp3) is 0.455. The molecule has 1 atom stereocenters. The fourth-order valence-electron chi connectivity index (χ4n) is 3.53. The minimum Gasteiger partial charge on any atom is -0.480 e. The minimum atomic E-state index is -0.144. The molecule has 0 aliphatic heterocycles. The van der Waals surface area contributed by atoms with E-state index in [2.05, 4.69) is 29.5 Å². The smallest absolute Gasteiger partial charge is 0.222 e. The van der Waals surface area contributed by atoms with Crippen LogP contribution in [-0.2, 0) is 4.74 Å². The number of aryl methyl sites for hydroxylation is 2. The number of hydrogen-bond acceptors (Lipinski definition) is 5. The molecule has 6 heteroatoms. The Hall–Kier alpha value is -2.44. The van der Waals surface area contributed by atoms with Gasteiger partial charge in [0.1, 0.15) is 0 Å². The molecule has 0 aromatic carbocycles. The first kappa shape index (κ1) is 20.3. The molecule has 3 aromatic heterocycles. The number of pyridine rings is 2. The summed E-state index contributed by atoms with van der Waals surface area (Å²) in [5.74, 6) is 0.915. The maximum atomic E-state index is 9.77. The highest BCUT2D eigenvalue weighted by atomic mass is 16.5. The average Bonchev–Trinajstić information content (AvgIpc) is 3.00. The van der Waals surface area contributed by atoms with Crippen LogP contribution in [0.4, 0.5) is 0 Å². The number of nitrogens with zero attached hydrogens (tertiary/aromatic N) is 3. The molecule has 0 aliphatic rings. The van der Waals surface area contributed by atoms with Crippen molar-refractivity contribution in [2.45, 2.75) is 39.7 Å². The number of hydrogen-bond donors (Lipinski definition) is 1. The number of rotatable bonds is 7. The van der Waals surface area contributed by atoms with Gasteiger partial charge in [-0.2, -0.15) is 0 Å². The highest BCUT2D eigenvalue weighted by molar-refractivity contribution is 5.85. The number of aliphatic hydroxyl groups excluding tert-OH is 1. The lowest BCUT2D eigenvalue weighted by molar-refractivity contribution is 0.116. The van der Waals surface area contributed by atoms with Gasteiger partial charge in [-0.15, -0.1) is 0 Å².